The zero-order valence-corrected chi connectivity index (χ0v) is 12.7. The minimum atomic E-state index is 0.391. The van der Waals surface area contributed by atoms with E-state index >= 15 is 0 Å². The lowest BCUT2D eigenvalue weighted by Crippen LogP contribution is -1.90. The molecule has 0 amide bonds. The van der Waals surface area contributed by atoms with Crippen LogP contribution in [0.5, 0.6) is 5.75 Å². The molecule has 0 saturated carbocycles. The fraction of sp³-hybridized carbons (Fsp3) is 0.118. The summed E-state index contributed by atoms with van der Waals surface area (Å²) in [7, 11) is 3.51. The van der Waals surface area contributed by atoms with E-state index < -0.39 is 0 Å². The average molecular weight is 306 g/mol. The van der Waals surface area contributed by atoms with E-state index in [4.69, 9.17) is 9.26 Å². The van der Waals surface area contributed by atoms with Gasteiger partial charge in [-0.2, -0.15) is 10.1 Å². The van der Waals surface area contributed by atoms with E-state index in [2.05, 4.69) is 15.2 Å². The van der Waals surface area contributed by atoms with Crippen LogP contribution in [0.1, 0.15) is 0 Å². The molecule has 23 heavy (non-hydrogen) atoms. The smallest absolute Gasteiger partial charge is 0.279 e. The van der Waals surface area contributed by atoms with Crippen LogP contribution in [0, 0.1) is 0 Å². The average Bonchev–Trinajstić information content (AvgIpc) is 3.20. The quantitative estimate of drug-likeness (QED) is 0.581. The van der Waals surface area contributed by atoms with Crippen molar-refractivity contribution < 1.29 is 9.26 Å². The Balaban J connectivity index is 1.84. The summed E-state index contributed by atoms with van der Waals surface area (Å²) in [5.41, 5.74) is 2.47. The second kappa shape index (κ2) is 5.24. The molecule has 0 aliphatic heterocycles. The van der Waals surface area contributed by atoms with Crippen LogP contribution in [-0.4, -0.2) is 27.0 Å². The molecule has 2 aromatic carbocycles. The van der Waals surface area contributed by atoms with Crippen LogP contribution >= 0.6 is 0 Å². The van der Waals surface area contributed by atoms with Gasteiger partial charge in [0.05, 0.1) is 18.2 Å². The first-order chi connectivity index (χ1) is 11.3. The van der Waals surface area contributed by atoms with Crippen molar-refractivity contribution in [2.45, 2.75) is 0 Å². The highest BCUT2D eigenvalue weighted by molar-refractivity contribution is 5.91. The van der Waals surface area contributed by atoms with Gasteiger partial charge in [0.15, 0.2) is 5.69 Å². The third-order valence-corrected chi connectivity index (χ3v) is 3.73. The maximum absolute atomic E-state index is 5.43. The normalized spacial score (nSPS) is 11.0. The van der Waals surface area contributed by atoms with Gasteiger partial charge >= 0.3 is 0 Å². The molecule has 0 spiro atoms. The van der Waals surface area contributed by atoms with Gasteiger partial charge in [0.2, 0.25) is 5.82 Å². The van der Waals surface area contributed by atoms with E-state index in [1.165, 1.54) is 0 Å². The highest BCUT2D eigenvalue weighted by Gasteiger charge is 2.18. The largest absolute Gasteiger partial charge is 0.496 e. The van der Waals surface area contributed by atoms with Crippen molar-refractivity contribution in [3.05, 3.63) is 48.5 Å². The van der Waals surface area contributed by atoms with Crippen LogP contribution in [0.3, 0.4) is 0 Å². The number of rotatable bonds is 3. The number of hydrogen-bond acceptors (Lipinski definition) is 5. The number of fused-ring (bicyclic) bond motifs is 1. The van der Waals surface area contributed by atoms with Crippen molar-refractivity contribution in [2.75, 3.05) is 7.11 Å². The van der Waals surface area contributed by atoms with Crippen molar-refractivity contribution in [3.63, 3.8) is 0 Å². The zero-order chi connectivity index (χ0) is 15.8. The van der Waals surface area contributed by atoms with Gasteiger partial charge in [-0.3, -0.25) is 4.68 Å². The fourth-order valence-electron chi connectivity index (χ4n) is 2.63. The lowest BCUT2D eigenvalue weighted by molar-refractivity contribution is 0.413. The van der Waals surface area contributed by atoms with Crippen molar-refractivity contribution in [3.8, 4) is 28.7 Å². The number of para-hydroxylation sites is 2. The van der Waals surface area contributed by atoms with E-state index in [9.17, 15) is 0 Å². The molecule has 0 aliphatic rings. The molecule has 4 rings (SSSR count). The predicted octanol–water partition coefficient (Wildman–Crippen LogP) is 3.30. The molecule has 2 heterocycles. The maximum Gasteiger partial charge on any atom is 0.279 e. The molecule has 0 N–H and O–H groups in total. The van der Waals surface area contributed by atoms with Crippen LogP contribution in [0.4, 0.5) is 0 Å². The molecule has 4 aromatic rings. The number of hydrogen-bond donors (Lipinski definition) is 0. The molecular formula is C17H14N4O2. The Morgan fingerprint density at radius 1 is 1.04 bits per heavy atom. The Bertz CT molecular complexity index is 987. The van der Waals surface area contributed by atoms with Crippen LogP contribution < -0.4 is 4.74 Å². The molecule has 0 saturated heterocycles. The number of aromatic nitrogens is 4. The highest BCUT2D eigenvalue weighted by atomic mass is 16.5. The SMILES string of the molecule is COc1ccccc1-c1noc(-c2nn(C)c3ccccc23)n1. The molecular weight excluding hydrogens is 292 g/mol. The first-order valence-corrected chi connectivity index (χ1v) is 7.17. The molecule has 0 radical (unpaired) electrons. The summed E-state index contributed by atoms with van der Waals surface area (Å²) < 4.78 is 12.6. The van der Waals surface area contributed by atoms with Gasteiger partial charge in [-0.05, 0) is 18.2 Å². The number of nitrogens with zero attached hydrogens (tertiary/aromatic N) is 4. The molecule has 0 fully saturated rings. The van der Waals surface area contributed by atoms with E-state index in [0.717, 1.165) is 16.5 Å². The Hall–Kier alpha value is -3.15. The Labute approximate surface area is 132 Å². The van der Waals surface area contributed by atoms with E-state index in [-0.39, 0.29) is 0 Å². The van der Waals surface area contributed by atoms with Crippen molar-refractivity contribution in [2.24, 2.45) is 7.05 Å². The minimum Gasteiger partial charge on any atom is -0.496 e. The number of methoxy groups -OCH3 is 1. The summed E-state index contributed by atoms with van der Waals surface area (Å²) in [5.74, 6) is 1.57. The van der Waals surface area contributed by atoms with Crippen LogP contribution in [0.2, 0.25) is 0 Å². The number of ether oxygens (including phenoxy) is 1. The molecule has 6 nitrogen and oxygen atoms in total. The predicted molar refractivity (Wildman–Crippen MR) is 86.0 cm³/mol. The van der Waals surface area contributed by atoms with Gasteiger partial charge in [-0.25, -0.2) is 0 Å². The highest BCUT2D eigenvalue weighted by Crippen LogP contribution is 2.31. The molecule has 0 bridgehead atoms. The second-order valence-corrected chi connectivity index (χ2v) is 5.11. The standard InChI is InChI=1S/C17H14N4O2/c1-21-13-9-5-3-7-11(13)15(19-21)17-18-16(20-23-17)12-8-4-6-10-14(12)22-2/h3-10H,1-2H3. The number of benzene rings is 2. The van der Waals surface area contributed by atoms with Gasteiger partial charge in [-0.15, -0.1) is 0 Å². The second-order valence-electron chi connectivity index (χ2n) is 5.11. The summed E-state index contributed by atoms with van der Waals surface area (Å²) in [4.78, 5) is 4.49. The third kappa shape index (κ3) is 2.15. The summed E-state index contributed by atoms with van der Waals surface area (Å²) in [6, 6.07) is 15.5. The first-order valence-electron chi connectivity index (χ1n) is 7.17. The third-order valence-electron chi connectivity index (χ3n) is 3.73. The Morgan fingerprint density at radius 2 is 1.83 bits per heavy atom. The first kappa shape index (κ1) is 13.5. The maximum atomic E-state index is 5.43. The van der Waals surface area contributed by atoms with Gasteiger partial charge < -0.3 is 9.26 Å². The van der Waals surface area contributed by atoms with Crippen LogP contribution in [-0.2, 0) is 7.05 Å². The van der Waals surface area contributed by atoms with Crippen LogP contribution in [0.15, 0.2) is 53.1 Å². The van der Waals surface area contributed by atoms with Gasteiger partial charge in [-0.1, -0.05) is 35.5 Å². The number of aryl methyl sites for hydroxylation is 1. The van der Waals surface area contributed by atoms with Gasteiger partial charge in [0.1, 0.15) is 5.75 Å². The summed E-state index contributed by atoms with van der Waals surface area (Å²) in [6.45, 7) is 0. The molecule has 0 unspecified atom stereocenters. The van der Waals surface area contributed by atoms with Gasteiger partial charge in [0, 0.05) is 12.4 Å². The topological polar surface area (TPSA) is 66.0 Å². The van der Waals surface area contributed by atoms with Gasteiger partial charge in [0.25, 0.3) is 5.89 Å². The van der Waals surface area contributed by atoms with E-state index in [0.29, 0.717) is 23.2 Å². The lowest BCUT2D eigenvalue weighted by atomic mass is 10.2. The Kier molecular flexibility index (Phi) is 3.08. The van der Waals surface area contributed by atoms with Crippen molar-refractivity contribution in [1.29, 1.82) is 0 Å². The monoisotopic (exact) mass is 306 g/mol. The molecule has 0 atom stereocenters. The zero-order valence-electron chi connectivity index (χ0n) is 12.7. The lowest BCUT2D eigenvalue weighted by Gasteiger charge is -2.02. The molecule has 6 heteroatoms. The molecule has 0 aliphatic carbocycles. The van der Waals surface area contributed by atoms with Crippen molar-refractivity contribution in [1.82, 2.24) is 19.9 Å². The molecule has 2 aromatic heterocycles. The summed E-state index contributed by atoms with van der Waals surface area (Å²) in [6.07, 6.45) is 0. The summed E-state index contributed by atoms with van der Waals surface area (Å²) >= 11 is 0. The van der Waals surface area contributed by atoms with E-state index in [1.807, 2.05) is 55.6 Å². The van der Waals surface area contributed by atoms with E-state index in [1.54, 1.807) is 11.8 Å². The summed E-state index contributed by atoms with van der Waals surface area (Å²) in [5, 5.41) is 9.55. The minimum absolute atomic E-state index is 0.391. The van der Waals surface area contributed by atoms with Crippen molar-refractivity contribution >= 4 is 10.9 Å². The fourth-order valence-corrected chi connectivity index (χ4v) is 2.63. The Morgan fingerprint density at radius 3 is 2.70 bits per heavy atom. The van der Waals surface area contributed by atoms with Crippen LogP contribution in [0.25, 0.3) is 33.9 Å². The molecule has 114 valence electrons.